The average Bonchev–Trinajstić information content (AvgIpc) is 3.33. The normalized spacial score (nSPS) is 18.2. The minimum atomic E-state index is 0.533. The molecule has 0 radical (unpaired) electrons. The van der Waals surface area contributed by atoms with Crippen molar-refractivity contribution in [2.75, 3.05) is 37.6 Å². The summed E-state index contributed by atoms with van der Waals surface area (Å²) >= 11 is 12.2. The molecule has 168 valence electrons. The maximum Gasteiger partial charge on any atom is 0.139 e. The summed E-state index contributed by atoms with van der Waals surface area (Å²) in [6.45, 7) is 5.62. The number of piperazine rings is 1. The van der Waals surface area contributed by atoms with Crippen molar-refractivity contribution < 1.29 is 0 Å². The van der Waals surface area contributed by atoms with Crippen LogP contribution in [-0.2, 0) is 0 Å². The Morgan fingerprint density at radius 3 is 2.34 bits per heavy atom. The van der Waals surface area contributed by atoms with Gasteiger partial charge in [-0.2, -0.15) is 0 Å². The van der Waals surface area contributed by atoms with Gasteiger partial charge in [-0.05, 0) is 43.0 Å². The molecule has 2 aliphatic rings. The first-order chi connectivity index (χ1) is 15.7. The lowest BCUT2D eigenvalue weighted by atomic mass is 9.89. The van der Waals surface area contributed by atoms with Gasteiger partial charge in [-0.15, -0.1) is 0 Å². The first kappa shape index (κ1) is 21.7. The fourth-order valence-electron chi connectivity index (χ4n) is 4.89. The third kappa shape index (κ3) is 4.95. The highest BCUT2D eigenvalue weighted by Crippen LogP contribution is 2.29. The van der Waals surface area contributed by atoms with Gasteiger partial charge in [-0.25, -0.2) is 9.97 Å². The van der Waals surface area contributed by atoms with Crippen LogP contribution in [0.25, 0.3) is 22.6 Å². The molecule has 0 unspecified atom stereocenters. The molecule has 1 N–H and O–H groups in total. The van der Waals surface area contributed by atoms with Crippen molar-refractivity contribution in [3.05, 3.63) is 52.8 Å². The van der Waals surface area contributed by atoms with Crippen molar-refractivity contribution >= 4 is 29.0 Å². The van der Waals surface area contributed by atoms with Crippen molar-refractivity contribution in [2.45, 2.75) is 32.1 Å². The molecule has 1 saturated carbocycles. The minimum absolute atomic E-state index is 0.533. The van der Waals surface area contributed by atoms with Gasteiger partial charge in [0.25, 0.3) is 0 Å². The molecule has 5 rings (SSSR count). The Labute approximate surface area is 199 Å². The number of nitrogens with zero attached hydrogens (tertiary/aromatic N) is 4. The molecule has 32 heavy (non-hydrogen) atoms. The van der Waals surface area contributed by atoms with Crippen LogP contribution >= 0.6 is 23.2 Å². The quantitative estimate of drug-likeness (QED) is 0.486. The summed E-state index contributed by atoms with van der Waals surface area (Å²) in [4.78, 5) is 17.7. The Hall–Kier alpha value is -2.08. The van der Waals surface area contributed by atoms with E-state index in [0.717, 1.165) is 60.6 Å². The van der Waals surface area contributed by atoms with E-state index >= 15 is 0 Å². The number of H-pyrrole nitrogens is 1. The Kier molecular flexibility index (Phi) is 6.67. The number of imidazole rings is 1. The zero-order chi connectivity index (χ0) is 21.9. The van der Waals surface area contributed by atoms with E-state index in [-0.39, 0.29) is 0 Å². The number of hydrogen-bond donors (Lipinski definition) is 1. The van der Waals surface area contributed by atoms with Crippen LogP contribution in [0.5, 0.6) is 0 Å². The predicted octanol–water partition coefficient (Wildman–Crippen LogP) is 6.15. The number of anilines is 1. The van der Waals surface area contributed by atoms with Crippen LogP contribution in [0.1, 0.15) is 32.1 Å². The monoisotopic (exact) mass is 469 g/mol. The first-order valence-corrected chi connectivity index (χ1v) is 12.4. The van der Waals surface area contributed by atoms with Gasteiger partial charge < -0.3 is 9.88 Å². The topological polar surface area (TPSA) is 48.1 Å². The van der Waals surface area contributed by atoms with Crippen LogP contribution in [0.4, 0.5) is 5.82 Å². The maximum absolute atomic E-state index is 6.15. The minimum Gasteiger partial charge on any atom is -0.354 e. The summed E-state index contributed by atoms with van der Waals surface area (Å²) in [5.41, 5.74) is 2.82. The molecule has 1 aromatic carbocycles. The van der Waals surface area contributed by atoms with Gasteiger partial charge in [0, 0.05) is 50.0 Å². The fourth-order valence-corrected chi connectivity index (χ4v) is 5.18. The third-order valence-electron chi connectivity index (χ3n) is 6.77. The van der Waals surface area contributed by atoms with Crippen LogP contribution < -0.4 is 4.90 Å². The van der Waals surface area contributed by atoms with Crippen LogP contribution in [0.2, 0.25) is 10.0 Å². The molecule has 1 saturated heterocycles. The van der Waals surface area contributed by atoms with Crippen LogP contribution in [0.3, 0.4) is 0 Å². The maximum atomic E-state index is 6.15. The lowest BCUT2D eigenvalue weighted by Crippen LogP contribution is -2.48. The van der Waals surface area contributed by atoms with E-state index in [1.54, 1.807) is 6.07 Å². The summed E-state index contributed by atoms with van der Waals surface area (Å²) in [6.07, 6.45) is 10.8. The van der Waals surface area contributed by atoms with Gasteiger partial charge >= 0.3 is 0 Å². The Morgan fingerprint density at radius 1 is 0.844 bits per heavy atom. The van der Waals surface area contributed by atoms with E-state index in [9.17, 15) is 0 Å². The molecule has 3 aromatic rings. The van der Waals surface area contributed by atoms with Crippen LogP contribution in [0, 0.1) is 5.92 Å². The molecule has 2 aromatic heterocycles. The largest absolute Gasteiger partial charge is 0.354 e. The molecule has 3 heterocycles. The zero-order valence-corrected chi connectivity index (χ0v) is 19.7. The highest BCUT2D eigenvalue weighted by molar-refractivity contribution is 6.42. The van der Waals surface area contributed by atoms with Gasteiger partial charge in [0.1, 0.15) is 11.6 Å². The van der Waals surface area contributed by atoms with Gasteiger partial charge in [-0.1, -0.05) is 48.5 Å². The Bertz CT molecular complexity index is 1030. The first-order valence-electron chi connectivity index (χ1n) is 11.6. The second kappa shape index (κ2) is 9.82. The molecule has 1 aliphatic carbocycles. The number of aromatic amines is 1. The van der Waals surface area contributed by atoms with Crippen molar-refractivity contribution in [1.29, 1.82) is 0 Å². The summed E-state index contributed by atoms with van der Waals surface area (Å²) in [5, 5.41) is 1.08. The lowest BCUT2D eigenvalue weighted by molar-refractivity contribution is 0.192. The third-order valence-corrected chi connectivity index (χ3v) is 7.50. The van der Waals surface area contributed by atoms with Gasteiger partial charge in [-0.3, -0.25) is 4.90 Å². The number of pyridine rings is 1. The average molecular weight is 470 g/mol. The highest BCUT2D eigenvalue weighted by atomic mass is 35.5. The van der Waals surface area contributed by atoms with Crippen molar-refractivity contribution in [1.82, 2.24) is 19.9 Å². The van der Waals surface area contributed by atoms with Gasteiger partial charge in [0.05, 0.1) is 21.9 Å². The molecular weight excluding hydrogens is 441 g/mol. The van der Waals surface area contributed by atoms with Crippen molar-refractivity contribution in [3.8, 4) is 22.6 Å². The van der Waals surface area contributed by atoms with Crippen molar-refractivity contribution in [3.63, 3.8) is 0 Å². The predicted molar refractivity (Wildman–Crippen MR) is 133 cm³/mol. The number of nitrogens with one attached hydrogen (secondary N) is 1. The van der Waals surface area contributed by atoms with Crippen molar-refractivity contribution in [2.24, 2.45) is 5.92 Å². The van der Waals surface area contributed by atoms with E-state index in [2.05, 4.69) is 31.9 Å². The molecule has 0 spiro atoms. The molecule has 7 heteroatoms. The molecule has 0 bridgehead atoms. The van der Waals surface area contributed by atoms with Gasteiger partial charge in [0.15, 0.2) is 0 Å². The molecule has 0 atom stereocenters. The van der Waals surface area contributed by atoms with E-state index in [1.165, 1.54) is 38.6 Å². The van der Waals surface area contributed by atoms with Crippen LogP contribution in [0.15, 0.2) is 42.7 Å². The molecule has 1 aliphatic heterocycles. The summed E-state index contributed by atoms with van der Waals surface area (Å²) in [6, 6.07) is 9.77. The summed E-state index contributed by atoms with van der Waals surface area (Å²) < 4.78 is 0. The molecule has 0 amide bonds. The number of aromatic nitrogens is 3. The summed E-state index contributed by atoms with van der Waals surface area (Å²) in [7, 11) is 0. The number of rotatable bonds is 5. The number of hydrogen-bond acceptors (Lipinski definition) is 4. The van der Waals surface area contributed by atoms with E-state index in [4.69, 9.17) is 28.2 Å². The summed E-state index contributed by atoms with van der Waals surface area (Å²) in [5.74, 6) is 2.75. The zero-order valence-electron chi connectivity index (χ0n) is 18.2. The SMILES string of the molecule is Clc1ccc(-c2cnc(-c3ccc(N4CCN(CC5CCCCC5)CC4)nc3)[nH]2)cc1Cl. The number of benzene rings is 1. The van der Waals surface area contributed by atoms with E-state index in [0.29, 0.717) is 10.0 Å². The standard InChI is InChI=1S/C25H29Cl2N5/c26-21-8-6-19(14-22(21)27)23-16-29-25(30-23)20-7-9-24(28-15-20)32-12-10-31(11-13-32)17-18-4-2-1-3-5-18/h6-9,14-16,18H,1-5,10-13,17H2,(H,29,30). The molecule has 5 nitrogen and oxygen atoms in total. The highest BCUT2D eigenvalue weighted by Gasteiger charge is 2.22. The van der Waals surface area contributed by atoms with Crippen LogP contribution in [-0.4, -0.2) is 52.6 Å². The number of halogens is 2. The van der Waals surface area contributed by atoms with E-state index in [1.807, 2.05) is 24.5 Å². The lowest BCUT2D eigenvalue weighted by Gasteiger charge is -2.37. The second-order valence-corrected chi connectivity index (χ2v) is 9.79. The second-order valence-electron chi connectivity index (χ2n) is 8.97. The van der Waals surface area contributed by atoms with E-state index < -0.39 is 0 Å². The Balaban J connectivity index is 1.19. The molecular formula is C25H29Cl2N5. The smallest absolute Gasteiger partial charge is 0.139 e. The van der Waals surface area contributed by atoms with Gasteiger partial charge in [0.2, 0.25) is 0 Å². The fraction of sp³-hybridized carbons (Fsp3) is 0.440. The molecule has 2 fully saturated rings. The Morgan fingerprint density at radius 2 is 1.62 bits per heavy atom.